The van der Waals surface area contributed by atoms with Gasteiger partial charge in [0.2, 0.25) is 5.91 Å². The number of hydrogen-bond acceptors (Lipinski definition) is 11. The zero-order valence-electron chi connectivity index (χ0n) is 27.2. The molecular formula is C32H36FN9O6S. The van der Waals surface area contributed by atoms with Gasteiger partial charge in [0.15, 0.2) is 11.6 Å². The third-order valence-electron chi connectivity index (χ3n) is 7.59. The molecule has 4 heterocycles. The van der Waals surface area contributed by atoms with Gasteiger partial charge in [-0.3, -0.25) is 9.78 Å². The van der Waals surface area contributed by atoms with E-state index in [0.29, 0.717) is 59.8 Å². The van der Waals surface area contributed by atoms with E-state index in [1.165, 1.54) is 33.2 Å². The number of ether oxygens (including phenoxy) is 2. The number of hydrogen-bond donors (Lipinski definition) is 2. The molecule has 2 fully saturated rings. The first-order valence-corrected chi connectivity index (χ1v) is 16.6. The normalized spacial score (nSPS) is 15.1. The summed E-state index contributed by atoms with van der Waals surface area (Å²) in [6.45, 7) is 6.46. The zero-order valence-corrected chi connectivity index (χ0v) is 28.0. The van der Waals surface area contributed by atoms with E-state index in [9.17, 15) is 23.6 Å². The fraction of sp³-hybridized carbons (Fsp3) is 0.406. The molecular weight excluding hydrogens is 657 g/mol. The summed E-state index contributed by atoms with van der Waals surface area (Å²) in [4.78, 5) is 55.8. The average Bonchev–Trinajstić information content (AvgIpc) is 3.54. The molecule has 1 aromatic carbocycles. The Morgan fingerprint density at radius 3 is 2.57 bits per heavy atom. The van der Waals surface area contributed by atoms with E-state index in [2.05, 4.69) is 25.9 Å². The lowest BCUT2D eigenvalue weighted by Crippen LogP contribution is -2.58. The molecule has 1 aliphatic carbocycles. The number of amides is 4. The predicted molar refractivity (Wildman–Crippen MR) is 177 cm³/mol. The summed E-state index contributed by atoms with van der Waals surface area (Å²) < 4.78 is 28.4. The first kappa shape index (κ1) is 33.7. The number of thiophene rings is 1. The van der Waals surface area contributed by atoms with Crippen LogP contribution in [0.2, 0.25) is 0 Å². The van der Waals surface area contributed by atoms with Crippen LogP contribution in [-0.4, -0.2) is 104 Å². The van der Waals surface area contributed by atoms with Gasteiger partial charge in [0.25, 0.3) is 0 Å². The Hall–Kier alpha value is -5.16. The van der Waals surface area contributed by atoms with Gasteiger partial charge >= 0.3 is 12.1 Å². The summed E-state index contributed by atoms with van der Waals surface area (Å²) in [6, 6.07) is 7.48. The maximum atomic E-state index is 14.9. The number of halogens is 1. The monoisotopic (exact) mass is 693 g/mol. The number of carbonyl (C=O) groups excluding carboxylic acids is 4. The number of hydrazine groups is 1. The number of urea groups is 1. The van der Waals surface area contributed by atoms with Crippen molar-refractivity contribution >= 4 is 51.6 Å². The summed E-state index contributed by atoms with van der Waals surface area (Å²) in [5.41, 5.74) is 0.742. The number of aldehydes is 1. The van der Waals surface area contributed by atoms with Gasteiger partial charge in [0, 0.05) is 56.2 Å². The van der Waals surface area contributed by atoms with Crippen LogP contribution in [-0.2, 0) is 20.9 Å². The Morgan fingerprint density at radius 2 is 1.88 bits per heavy atom. The quantitative estimate of drug-likeness (QED) is 0.229. The summed E-state index contributed by atoms with van der Waals surface area (Å²) in [5, 5.41) is 16.8. The molecule has 1 saturated heterocycles. The smallest absolute Gasteiger partial charge is 0.425 e. The first-order valence-electron chi connectivity index (χ1n) is 15.8. The average molecular weight is 694 g/mol. The van der Waals surface area contributed by atoms with Crippen molar-refractivity contribution in [2.75, 3.05) is 38.0 Å². The number of nitrogens with one attached hydrogen (secondary N) is 2. The van der Waals surface area contributed by atoms with Crippen molar-refractivity contribution in [1.82, 2.24) is 40.2 Å². The van der Waals surface area contributed by atoms with Crippen molar-refractivity contribution in [2.45, 2.75) is 51.8 Å². The Labute approximate surface area is 284 Å². The van der Waals surface area contributed by atoms with E-state index in [-0.39, 0.29) is 36.8 Å². The summed E-state index contributed by atoms with van der Waals surface area (Å²) in [7, 11) is 0. The molecule has 0 unspecified atom stereocenters. The maximum Gasteiger partial charge on any atom is 0.425 e. The molecule has 0 spiro atoms. The second-order valence-corrected chi connectivity index (χ2v) is 13.7. The molecule has 1 aliphatic heterocycles. The predicted octanol–water partition coefficient (Wildman–Crippen LogP) is 4.27. The Bertz CT molecular complexity index is 1860. The highest BCUT2D eigenvalue weighted by molar-refractivity contribution is 7.22. The molecule has 15 nitrogen and oxygen atoms in total. The first-order chi connectivity index (χ1) is 23.5. The van der Waals surface area contributed by atoms with Gasteiger partial charge in [-0.15, -0.1) is 16.4 Å². The van der Waals surface area contributed by atoms with Crippen molar-refractivity contribution in [3.63, 3.8) is 0 Å². The largest absolute Gasteiger partial charge is 0.453 e. The van der Waals surface area contributed by atoms with Crippen LogP contribution in [0.3, 0.4) is 0 Å². The van der Waals surface area contributed by atoms with Crippen molar-refractivity contribution < 1.29 is 33.0 Å². The van der Waals surface area contributed by atoms with E-state index in [0.717, 1.165) is 17.7 Å². The van der Waals surface area contributed by atoms with E-state index in [1.54, 1.807) is 55.2 Å². The lowest BCUT2D eigenvalue weighted by molar-refractivity contribution is -0.138. The third kappa shape index (κ3) is 8.47. The Morgan fingerprint density at radius 1 is 1.10 bits per heavy atom. The van der Waals surface area contributed by atoms with Crippen LogP contribution in [0.25, 0.3) is 20.8 Å². The number of nitrogens with zero attached hydrogens (tertiary/aromatic N) is 7. The number of rotatable bonds is 10. The molecule has 49 heavy (non-hydrogen) atoms. The van der Waals surface area contributed by atoms with Crippen LogP contribution in [0.15, 0.2) is 42.7 Å². The number of piperazine rings is 1. The Kier molecular flexibility index (Phi) is 9.73. The van der Waals surface area contributed by atoms with E-state index in [4.69, 9.17) is 9.47 Å². The molecule has 2 aliphatic rings. The van der Waals surface area contributed by atoms with Crippen molar-refractivity contribution in [2.24, 2.45) is 0 Å². The topological polar surface area (TPSA) is 164 Å². The van der Waals surface area contributed by atoms with Crippen LogP contribution in [0.5, 0.6) is 11.5 Å². The fourth-order valence-electron chi connectivity index (χ4n) is 5.09. The van der Waals surface area contributed by atoms with Crippen molar-refractivity contribution in [1.29, 1.82) is 0 Å². The van der Waals surface area contributed by atoms with Gasteiger partial charge < -0.3 is 29.8 Å². The summed E-state index contributed by atoms with van der Waals surface area (Å²) in [5.74, 6) is -0.424. The fourth-order valence-corrected chi connectivity index (χ4v) is 6.10. The van der Waals surface area contributed by atoms with E-state index < -0.39 is 17.5 Å². The number of carbonyl (C=O) groups is 4. The van der Waals surface area contributed by atoms with Gasteiger partial charge in [0.05, 0.1) is 27.8 Å². The van der Waals surface area contributed by atoms with Gasteiger partial charge in [-0.1, -0.05) is 5.21 Å². The van der Waals surface area contributed by atoms with Crippen LogP contribution in [0.1, 0.15) is 33.6 Å². The number of pyridine rings is 1. The SMILES string of the molecule is CC(C)(C)OC(=O)N(CC=O)N1CCN(C(=O)Cn2cc(-c3cc4nccc(Oc5ccc(NC(=O)NC6CC6)cc5F)c4s3)nn2)CC1. The van der Waals surface area contributed by atoms with E-state index in [1.807, 2.05) is 6.07 Å². The molecule has 4 aromatic rings. The van der Waals surface area contributed by atoms with Crippen molar-refractivity contribution in [3.8, 4) is 22.1 Å². The molecule has 6 rings (SSSR count). The van der Waals surface area contributed by atoms with Gasteiger partial charge in [0.1, 0.15) is 29.9 Å². The third-order valence-corrected chi connectivity index (χ3v) is 8.75. The molecule has 0 radical (unpaired) electrons. The Balaban J connectivity index is 1.07. The minimum absolute atomic E-state index is 0.0119. The highest BCUT2D eigenvalue weighted by atomic mass is 32.1. The highest BCUT2D eigenvalue weighted by Gasteiger charge is 2.31. The number of aromatic nitrogens is 4. The van der Waals surface area contributed by atoms with E-state index >= 15 is 0 Å². The van der Waals surface area contributed by atoms with Crippen LogP contribution in [0, 0.1) is 5.82 Å². The highest BCUT2D eigenvalue weighted by Crippen LogP contribution is 2.39. The molecule has 1 saturated carbocycles. The lowest BCUT2D eigenvalue weighted by Gasteiger charge is -2.40. The number of fused-ring (bicyclic) bond motifs is 1. The second kappa shape index (κ2) is 14.1. The van der Waals surface area contributed by atoms with Crippen molar-refractivity contribution in [3.05, 3.63) is 48.5 Å². The second-order valence-electron chi connectivity index (χ2n) is 12.6. The minimum Gasteiger partial charge on any atom is -0.453 e. The molecule has 0 atom stereocenters. The van der Waals surface area contributed by atoms with Gasteiger partial charge in [-0.2, -0.15) is 0 Å². The summed E-state index contributed by atoms with van der Waals surface area (Å²) >= 11 is 1.34. The molecule has 4 amide bonds. The lowest BCUT2D eigenvalue weighted by atomic mass is 10.2. The molecule has 2 N–H and O–H groups in total. The van der Waals surface area contributed by atoms with Crippen LogP contribution in [0.4, 0.5) is 19.7 Å². The standard InChI is InChI=1S/C32H36FN9O6S/c1-32(2,3)48-31(46)42(14-15-43)41-12-10-39(11-13-41)28(44)19-40-18-24(37-38-40)27-17-23-29(49-27)26(8-9-34-23)47-25-7-6-21(16-22(25)33)36-30(45)35-20-4-5-20/h6-9,15-18,20H,4-5,10-14,19H2,1-3H3,(H2,35,36,45). The number of anilines is 1. The molecule has 17 heteroatoms. The molecule has 3 aromatic heterocycles. The van der Waals surface area contributed by atoms with Gasteiger partial charge in [-0.05, 0) is 51.8 Å². The number of benzene rings is 1. The molecule has 0 bridgehead atoms. The zero-order chi connectivity index (χ0) is 34.7. The summed E-state index contributed by atoms with van der Waals surface area (Å²) in [6.07, 6.45) is 5.14. The van der Waals surface area contributed by atoms with Crippen LogP contribution < -0.4 is 15.4 Å². The minimum atomic E-state index is -0.712. The van der Waals surface area contributed by atoms with Crippen LogP contribution >= 0.6 is 11.3 Å². The maximum absolute atomic E-state index is 14.9. The van der Waals surface area contributed by atoms with Gasteiger partial charge in [-0.25, -0.2) is 28.7 Å². The molecule has 258 valence electrons.